The number of halogens is 1. The van der Waals surface area contributed by atoms with Crippen LogP contribution in [0.15, 0.2) is 42.6 Å². The van der Waals surface area contributed by atoms with Crippen molar-refractivity contribution in [3.8, 4) is 11.3 Å². The number of likely N-dealkylation sites (tertiary alicyclic amines) is 1. The van der Waals surface area contributed by atoms with E-state index in [9.17, 15) is 9.18 Å². The third-order valence-corrected chi connectivity index (χ3v) is 7.27. The minimum absolute atomic E-state index is 0.0153. The maximum Gasteiger partial charge on any atom is 0.272 e. The molecule has 0 atom stereocenters. The van der Waals surface area contributed by atoms with Gasteiger partial charge < -0.3 is 10.2 Å². The van der Waals surface area contributed by atoms with Gasteiger partial charge in [-0.1, -0.05) is 12.1 Å². The number of thiazole rings is 1. The summed E-state index contributed by atoms with van der Waals surface area (Å²) in [7, 11) is 0. The number of aromatic nitrogens is 2. The molecular formula is C24H25FN4OS. The van der Waals surface area contributed by atoms with Crippen LogP contribution < -0.4 is 5.32 Å². The van der Waals surface area contributed by atoms with Crippen molar-refractivity contribution >= 4 is 22.4 Å². The molecule has 160 valence electrons. The zero-order valence-electron chi connectivity index (χ0n) is 17.3. The van der Waals surface area contributed by atoms with Gasteiger partial charge in [-0.2, -0.15) is 0 Å². The largest absolute Gasteiger partial charge is 0.361 e. The van der Waals surface area contributed by atoms with Gasteiger partial charge in [-0.15, -0.1) is 11.3 Å². The van der Waals surface area contributed by atoms with Crippen molar-refractivity contribution in [3.05, 3.63) is 64.5 Å². The predicted molar refractivity (Wildman–Crippen MR) is 121 cm³/mol. The molecule has 5 nitrogen and oxygen atoms in total. The number of carbonyl (C=O) groups is 1. The molecule has 5 rings (SSSR count). The van der Waals surface area contributed by atoms with Gasteiger partial charge in [0.2, 0.25) is 0 Å². The Morgan fingerprint density at radius 2 is 2.06 bits per heavy atom. The highest BCUT2D eigenvalue weighted by atomic mass is 32.1. The Hall–Kier alpha value is -2.80. The van der Waals surface area contributed by atoms with Gasteiger partial charge in [-0.05, 0) is 67.9 Å². The van der Waals surface area contributed by atoms with Crippen LogP contribution in [-0.4, -0.2) is 40.4 Å². The Labute approximate surface area is 185 Å². The van der Waals surface area contributed by atoms with Crippen LogP contribution in [-0.2, 0) is 12.8 Å². The van der Waals surface area contributed by atoms with Crippen molar-refractivity contribution in [2.75, 3.05) is 25.0 Å². The molecule has 1 amide bonds. The average molecular weight is 437 g/mol. The fourth-order valence-corrected chi connectivity index (χ4v) is 5.48. The van der Waals surface area contributed by atoms with Gasteiger partial charge >= 0.3 is 0 Å². The van der Waals surface area contributed by atoms with E-state index >= 15 is 0 Å². The van der Waals surface area contributed by atoms with Crippen molar-refractivity contribution in [1.29, 1.82) is 0 Å². The minimum atomic E-state index is -0.207. The average Bonchev–Trinajstić information content (AvgIpc) is 3.14. The van der Waals surface area contributed by atoms with Crippen LogP contribution in [0.5, 0.6) is 0 Å². The van der Waals surface area contributed by atoms with Gasteiger partial charge in [0.15, 0.2) is 5.13 Å². The van der Waals surface area contributed by atoms with Gasteiger partial charge in [0, 0.05) is 36.3 Å². The van der Waals surface area contributed by atoms with Crippen LogP contribution in [0.2, 0.25) is 0 Å². The van der Waals surface area contributed by atoms with E-state index in [2.05, 4.69) is 10.3 Å². The van der Waals surface area contributed by atoms with E-state index < -0.39 is 0 Å². The molecule has 1 N–H and O–H groups in total. The van der Waals surface area contributed by atoms with E-state index in [-0.39, 0.29) is 11.7 Å². The second kappa shape index (κ2) is 8.75. The normalized spacial score (nSPS) is 16.4. The van der Waals surface area contributed by atoms with Gasteiger partial charge in [0.1, 0.15) is 11.5 Å². The number of amides is 1. The number of fused-ring (bicyclic) bond motifs is 3. The highest BCUT2D eigenvalue weighted by Gasteiger charge is 2.25. The number of pyridine rings is 1. The van der Waals surface area contributed by atoms with Crippen molar-refractivity contribution in [2.24, 2.45) is 5.92 Å². The maximum atomic E-state index is 13.8. The molecule has 31 heavy (non-hydrogen) atoms. The molecule has 1 fully saturated rings. The second-order valence-corrected chi connectivity index (χ2v) is 9.36. The zero-order valence-corrected chi connectivity index (χ0v) is 18.1. The van der Waals surface area contributed by atoms with Crippen LogP contribution in [0.1, 0.15) is 40.2 Å². The Morgan fingerprint density at radius 3 is 2.87 bits per heavy atom. The number of hydrogen-bond acceptors (Lipinski definition) is 5. The summed E-state index contributed by atoms with van der Waals surface area (Å²) in [4.78, 5) is 24.7. The molecule has 2 aromatic heterocycles. The highest BCUT2D eigenvalue weighted by Crippen LogP contribution is 2.37. The fourth-order valence-electron chi connectivity index (χ4n) is 4.46. The lowest BCUT2D eigenvalue weighted by Gasteiger charge is -2.31. The molecule has 1 aromatic carbocycles. The first-order valence-electron chi connectivity index (χ1n) is 10.9. The lowest BCUT2D eigenvalue weighted by atomic mass is 9.96. The quantitative estimate of drug-likeness (QED) is 0.638. The fraction of sp³-hybridized carbons (Fsp3) is 0.375. The van der Waals surface area contributed by atoms with Crippen LogP contribution in [0.3, 0.4) is 0 Å². The Bertz CT molecular complexity index is 1080. The number of piperidine rings is 1. The minimum Gasteiger partial charge on any atom is -0.361 e. The standard InChI is InChI=1S/C24H25FN4OS/c25-18-8-7-17-4-3-6-21-22(19(17)14-18)28-24(31-21)27-15-16-9-12-29(13-10-16)23(30)20-5-1-2-11-26-20/h1-2,5,7-8,11,14,16H,3-4,6,9-10,12-13,15H2,(H,27,28). The molecule has 1 saturated heterocycles. The van der Waals surface area contributed by atoms with Crippen LogP contribution >= 0.6 is 11.3 Å². The van der Waals surface area contributed by atoms with E-state index in [1.165, 1.54) is 10.4 Å². The molecule has 7 heteroatoms. The first-order valence-corrected chi connectivity index (χ1v) is 11.7. The van der Waals surface area contributed by atoms with E-state index in [0.717, 1.165) is 68.1 Å². The van der Waals surface area contributed by atoms with Gasteiger partial charge in [-0.3, -0.25) is 9.78 Å². The van der Waals surface area contributed by atoms with Gasteiger partial charge in [0.05, 0.1) is 5.69 Å². The molecule has 0 unspecified atom stereocenters. The highest BCUT2D eigenvalue weighted by molar-refractivity contribution is 7.16. The maximum absolute atomic E-state index is 13.8. The summed E-state index contributed by atoms with van der Waals surface area (Å²) in [6.45, 7) is 2.35. The summed E-state index contributed by atoms with van der Waals surface area (Å²) in [5.41, 5.74) is 3.58. The van der Waals surface area contributed by atoms with Crippen molar-refractivity contribution in [2.45, 2.75) is 32.1 Å². The topological polar surface area (TPSA) is 58.1 Å². The van der Waals surface area contributed by atoms with E-state index in [4.69, 9.17) is 4.98 Å². The predicted octanol–water partition coefficient (Wildman–Crippen LogP) is 4.80. The Morgan fingerprint density at radius 1 is 1.19 bits per heavy atom. The molecule has 1 aliphatic heterocycles. The number of nitrogens with zero attached hydrogens (tertiary/aromatic N) is 3. The van der Waals surface area contributed by atoms with Crippen LogP contribution in [0, 0.1) is 11.7 Å². The molecule has 1 aliphatic carbocycles. The molecule has 3 heterocycles. The number of benzene rings is 1. The van der Waals surface area contributed by atoms with Crippen LogP contribution in [0.4, 0.5) is 9.52 Å². The number of anilines is 1. The molecule has 0 radical (unpaired) electrons. The van der Waals surface area contributed by atoms with Crippen LogP contribution in [0.25, 0.3) is 11.3 Å². The number of rotatable bonds is 4. The molecule has 2 aliphatic rings. The lowest BCUT2D eigenvalue weighted by molar-refractivity contribution is 0.0689. The first kappa shape index (κ1) is 20.1. The summed E-state index contributed by atoms with van der Waals surface area (Å²) in [6.07, 6.45) is 6.61. The number of nitrogens with one attached hydrogen (secondary N) is 1. The molecule has 0 bridgehead atoms. The third-order valence-electron chi connectivity index (χ3n) is 6.20. The number of hydrogen-bond donors (Lipinski definition) is 1. The summed E-state index contributed by atoms with van der Waals surface area (Å²) in [5.74, 6) is 0.309. The SMILES string of the molecule is O=C(c1ccccn1)N1CCC(CNc2nc3c(s2)CCCc2ccc(F)cc2-3)CC1. The van der Waals surface area contributed by atoms with Gasteiger partial charge in [0.25, 0.3) is 5.91 Å². The molecule has 3 aromatic rings. The van der Waals surface area contributed by atoms with E-state index in [1.807, 2.05) is 23.1 Å². The van der Waals surface area contributed by atoms with Gasteiger partial charge in [-0.25, -0.2) is 9.37 Å². The second-order valence-electron chi connectivity index (χ2n) is 8.28. The third kappa shape index (κ3) is 4.32. The Kier molecular flexibility index (Phi) is 5.68. The summed E-state index contributed by atoms with van der Waals surface area (Å²) >= 11 is 1.69. The summed E-state index contributed by atoms with van der Waals surface area (Å²) in [6, 6.07) is 10.5. The van der Waals surface area contributed by atoms with Crippen molar-refractivity contribution in [1.82, 2.24) is 14.9 Å². The lowest BCUT2D eigenvalue weighted by Crippen LogP contribution is -2.40. The zero-order chi connectivity index (χ0) is 21.2. The summed E-state index contributed by atoms with van der Waals surface area (Å²) in [5, 5.41) is 4.42. The Balaban J connectivity index is 1.20. The number of carbonyl (C=O) groups excluding carboxylic acids is 1. The van der Waals surface area contributed by atoms with Crippen molar-refractivity contribution in [3.63, 3.8) is 0 Å². The van der Waals surface area contributed by atoms with Crippen molar-refractivity contribution < 1.29 is 9.18 Å². The molecule has 0 spiro atoms. The number of aryl methyl sites for hydroxylation is 2. The summed E-state index contributed by atoms with van der Waals surface area (Å²) < 4.78 is 13.8. The van der Waals surface area contributed by atoms with E-state index in [0.29, 0.717) is 11.6 Å². The smallest absolute Gasteiger partial charge is 0.272 e. The molecular weight excluding hydrogens is 411 g/mol. The van der Waals surface area contributed by atoms with E-state index in [1.54, 1.807) is 35.7 Å². The molecule has 0 saturated carbocycles. The first-order chi connectivity index (χ1) is 15.2. The monoisotopic (exact) mass is 436 g/mol.